The third kappa shape index (κ3) is 5.06. The molecule has 0 aliphatic carbocycles. The summed E-state index contributed by atoms with van der Waals surface area (Å²) in [6.07, 6.45) is 5.25. The van der Waals surface area contributed by atoms with Crippen molar-refractivity contribution in [3.05, 3.63) is 23.7 Å². The summed E-state index contributed by atoms with van der Waals surface area (Å²) in [5.74, 6) is -0.691. The Kier molecular flexibility index (Phi) is 6.58. The molecule has 7 heteroatoms. The summed E-state index contributed by atoms with van der Waals surface area (Å²) in [6.45, 7) is 7.29. The molecule has 126 valence electrons. The second kappa shape index (κ2) is 8.67. The number of carbonyl (C=O) groups excluding carboxylic acids is 2. The lowest BCUT2D eigenvalue weighted by Gasteiger charge is -2.23. The van der Waals surface area contributed by atoms with Crippen molar-refractivity contribution in [3.63, 3.8) is 0 Å². The highest BCUT2D eigenvalue weighted by atomic mass is 32.1. The van der Waals surface area contributed by atoms with Gasteiger partial charge in [-0.2, -0.15) is 0 Å². The fourth-order valence-corrected chi connectivity index (χ4v) is 3.12. The first-order chi connectivity index (χ1) is 11.1. The lowest BCUT2D eigenvalue weighted by molar-refractivity contribution is -0.139. The number of anilines is 1. The van der Waals surface area contributed by atoms with Gasteiger partial charge in [-0.15, -0.1) is 17.9 Å². The van der Waals surface area contributed by atoms with E-state index in [1.165, 1.54) is 11.3 Å². The summed E-state index contributed by atoms with van der Waals surface area (Å²) in [6, 6.07) is 0. The van der Waals surface area contributed by atoms with E-state index in [4.69, 9.17) is 4.74 Å². The van der Waals surface area contributed by atoms with Crippen LogP contribution in [0.5, 0.6) is 0 Å². The van der Waals surface area contributed by atoms with Crippen LogP contribution in [0.15, 0.2) is 18.0 Å². The van der Waals surface area contributed by atoms with E-state index < -0.39 is 12.1 Å². The van der Waals surface area contributed by atoms with Gasteiger partial charge < -0.3 is 15.0 Å². The van der Waals surface area contributed by atoms with Crippen LogP contribution in [0.1, 0.15) is 43.1 Å². The van der Waals surface area contributed by atoms with E-state index in [0.717, 1.165) is 38.8 Å². The molecule has 1 saturated heterocycles. The predicted molar refractivity (Wildman–Crippen MR) is 90.7 cm³/mol. The van der Waals surface area contributed by atoms with E-state index in [1.807, 2.05) is 0 Å². The van der Waals surface area contributed by atoms with Crippen molar-refractivity contribution in [1.29, 1.82) is 0 Å². The van der Waals surface area contributed by atoms with Crippen LogP contribution in [0, 0.1) is 0 Å². The zero-order valence-electron chi connectivity index (χ0n) is 13.4. The minimum atomic E-state index is -0.785. The van der Waals surface area contributed by atoms with Crippen molar-refractivity contribution in [2.24, 2.45) is 0 Å². The Bertz CT molecular complexity index is 551. The first-order valence-electron chi connectivity index (χ1n) is 7.92. The summed E-state index contributed by atoms with van der Waals surface area (Å²) in [7, 11) is 0. The third-order valence-electron chi connectivity index (χ3n) is 3.66. The van der Waals surface area contributed by atoms with E-state index >= 15 is 0 Å². The maximum Gasteiger partial charge on any atom is 0.358 e. The highest BCUT2D eigenvalue weighted by molar-refractivity contribution is 7.13. The van der Waals surface area contributed by atoms with Gasteiger partial charge in [0, 0.05) is 25.0 Å². The van der Waals surface area contributed by atoms with E-state index in [2.05, 4.69) is 16.9 Å². The van der Waals surface area contributed by atoms with E-state index in [9.17, 15) is 9.59 Å². The Morgan fingerprint density at radius 2 is 2.13 bits per heavy atom. The van der Waals surface area contributed by atoms with Crippen molar-refractivity contribution < 1.29 is 14.3 Å². The molecule has 0 bridgehead atoms. The molecule has 0 radical (unpaired) electrons. The Hall–Kier alpha value is -1.89. The smallest absolute Gasteiger partial charge is 0.358 e. The van der Waals surface area contributed by atoms with E-state index in [0.29, 0.717) is 11.7 Å². The monoisotopic (exact) mass is 337 g/mol. The number of thiazole rings is 1. The number of ether oxygens (including phenoxy) is 1. The summed E-state index contributed by atoms with van der Waals surface area (Å²) < 4.78 is 5.28. The topological polar surface area (TPSA) is 71.5 Å². The zero-order valence-corrected chi connectivity index (χ0v) is 14.2. The molecule has 1 amide bonds. The van der Waals surface area contributed by atoms with Gasteiger partial charge in [0.15, 0.2) is 16.9 Å². The largest absolute Gasteiger partial charge is 0.448 e. The van der Waals surface area contributed by atoms with Gasteiger partial charge in [-0.3, -0.25) is 4.79 Å². The molecule has 0 aromatic carbocycles. The van der Waals surface area contributed by atoms with Crippen molar-refractivity contribution in [2.45, 2.75) is 38.7 Å². The molecule has 0 saturated carbocycles. The normalized spacial score (nSPS) is 16.3. The Balaban J connectivity index is 1.89. The molecule has 1 fully saturated rings. The highest BCUT2D eigenvalue weighted by Crippen LogP contribution is 2.17. The first kappa shape index (κ1) is 17.5. The van der Waals surface area contributed by atoms with Crippen LogP contribution in [-0.4, -0.2) is 47.5 Å². The van der Waals surface area contributed by atoms with Crippen molar-refractivity contribution in [2.75, 3.05) is 25.0 Å². The lowest BCUT2D eigenvalue weighted by Crippen LogP contribution is -2.40. The van der Waals surface area contributed by atoms with Crippen molar-refractivity contribution in [3.8, 4) is 0 Å². The van der Waals surface area contributed by atoms with Gasteiger partial charge in [-0.05, 0) is 19.8 Å². The first-order valence-corrected chi connectivity index (χ1v) is 8.80. The predicted octanol–water partition coefficient (Wildman–Crippen LogP) is 2.69. The maximum absolute atomic E-state index is 12.4. The fourth-order valence-electron chi connectivity index (χ4n) is 2.43. The Morgan fingerprint density at radius 1 is 1.43 bits per heavy atom. The molecule has 1 atom stereocenters. The molecule has 1 N–H and O–H groups in total. The van der Waals surface area contributed by atoms with Crippen LogP contribution in [0.3, 0.4) is 0 Å². The molecule has 1 aliphatic rings. The second-order valence-corrected chi connectivity index (χ2v) is 6.35. The number of rotatable bonds is 6. The molecule has 1 aliphatic heterocycles. The van der Waals surface area contributed by atoms with E-state index in [1.54, 1.807) is 23.3 Å². The molecular weight excluding hydrogens is 314 g/mol. The Morgan fingerprint density at radius 3 is 2.78 bits per heavy atom. The van der Waals surface area contributed by atoms with Crippen LogP contribution in [0.4, 0.5) is 5.13 Å². The third-order valence-corrected chi connectivity index (χ3v) is 4.46. The number of nitrogens with one attached hydrogen (secondary N) is 1. The minimum Gasteiger partial charge on any atom is -0.448 e. The molecule has 1 aromatic heterocycles. The van der Waals surface area contributed by atoms with Gasteiger partial charge in [0.25, 0.3) is 5.91 Å². The quantitative estimate of drug-likeness (QED) is 0.638. The van der Waals surface area contributed by atoms with Crippen LogP contribution in [-0.2, 0) is 9.53 Å². The van der Waals surface area contributed by atoms with Gasteiger partial charge in [0.2, 0.25) is 0 Å². The minimum absolute atomic E-state index is 0.125. The molecule has 1 aromatic rings. The fraction of sp³-hybridized carbons (Fsp3) is 0.562. The standard InChI is InChI=1S/C16H23N3O3S/c1-3-8-17-16-18-13(11-23-16)15(21)22-12(2)14(20)19-9-6-4-5-7-10-19/h3,11-12H,1,4-10H2,2H3,(H,17,18). The lowest BCUT2D eigenvalue weighted by atomic mass is 10.2. The summed E-state index contributed by atoms with van der Waals surface area (Å²) in [5.41, 5.74) is 0.220. The van der Waals surface area contributed by atoms with Gasteiger partial charge in [0.05, 0.1) is 0 Å². The van der Waals surface area contributed by atoms with Crippen LogP contribution in [0.2, 0.25) is 0 Å². The van der Waals surface area contributed by atoms with Gasteiger partial charge in [-0.25, -0.2) is 9.78 Å². The maximum atomic E-state index is 12.4. The summed E-state index contributed by atoms with van der Waals surface area (Å²) in [5, 5.41) is 5.26. The number of nitrogens with zero attached hydrogens (tertiary/aromatic N) is 2. The molecule has 0 spiro atoms. The molecular formula is C16H23N3O3S. The zero-order chi connectivity index (χ0) is 16.7. The SMILES string of the molecule is C=CCNc1nc(C(=O)OC(C)C(=O)N2CCCCCC2)cs1. The number of amides is 1. The number of carbonyl (C=O) groups is 2. The average Bonchev–Trinajstić information content (AvgIpc) is 2.86. The van der Waals surface area contributed by atoms with Crippen LogP contribution >= 0.6 is 11.3 Å². The van der Waals surface area contributed by atoms with Crippen LogP contribution in [0.25, 0.3) is 0 Å². The summed E-state index contributed by atoms with van der Waals surface area (Å²) in [4.78, 5) is 30.4. The number of hydrogen-bond donors (Lipinski definition) is 1. The van der Waals surface area contributed by atoms with Gasteiger partial charge >= 0.3 is 5.97 Å². The Labute approximate surface area is 140 Å². The second-order valence-electron chi connectivity index (χ2n) is 5.49. The highest BCUT2D eigenvalue weighted by Gasteiger charge is 2.25. The number of esters is 1. The van der Waals surface area contributed by atoms with Gasteiger partial charge in [0.1, 0.15) is 0 Å². The van der Waals surface area contributed by atoms with Crippen molar-refractivity contribution in [1.82, 2.24) is 9.88 Å². The molecule has 2 rings (SSSR count). The molecule has 2 heterocycles. The molecule has 1 unspecified atom stereocenters. The number of likely N-dealkylation sites (tertiary alicyclic amines) is 1. The molecule has 23 heavy (non-hydrogen) atoms. The van der Waals surface area contributed by atoms with Crippen LogP contribution < -0.4 is 5.32 Å². The van der Waals surface area contributed by atoms with E-state index in [-0.39, 0.29) is 11.6 Å². The molecule has 6 nitrogen and oxygen atoms in total. The van der Waals surface area contributed by atoms with Gasteiger partial charge in [-0.1, -0.05) is 18.9 Å². The number of hydrogen-bond acceptors (Lipinski definition) is 6. The average molecular weight is 337 g/mol. The number of aromatic nitrogens is 1. The van der Waals surface area contributed by atoms with Crippen molar-refractivity contribution >= 4 is 28.3 Å². The summed E-state index contributed by atoms with van der Waals surface area (Å²) >= 11 is 1.32.